The van der Waals surface area contributed by atoms with Crippen LogP contribution in [-0.2, 0) is 20.8 Å². The van der Waals surface area contributed by atoms with Crippen molar-refractivity contribution in [1.29, 1.82) is 0 Å². The number of hydrogen-bond acceptors (Lipinski definition) is 3. The Morgan fingerprint density at radius 2 is 1.52 bits per heavy atom. The largest absolute Gasteiger partial charge is 0.324 e. The fraction of sp³-hybridized carbons (Fsp3) is 0.320. The third-order valence-electron chi connectivity index (χ3n) is 6.79. The number of nitrogens with one attached hydrogen (secondary N) is 1. The quantitative estimate of drug-likeness (QED) is 0.517. The fourth-order valence-corrected chi connectivity index (χ4v) is 5.57. The summed E-state index contributed by atoms with van der Waals surface area (Å²) >= 11 is 3.39. The van der Waals surface area contributed by atoms with Crippen LogP contribution in [0.3, 0.4) is 0 Å². The normalized spacial score (nSPS) is 27.3. The van der Waals surface area contributed by atoms with Crippen molar-refractivity contribution < 1.29 is 14.4 Å². The van der Waals surface area contributed by atoms with E-state index in [1.54, 1.807) is 12.1 Å². The Hall–Kier alpha value is -2.73. The van der Waals surface area contributed by atoms with E-state index in [-0.39, 0.29) is 41.4 Å². The molecule has 6 rings (SSSR count). The first-order chi connectivity index (χ1) is 15.0. The second-order valence-corrected chi connectivity index (χ2v) is 9.51. The van der Waals surface area contributed by atoms with Gasteiger partial charge in [-0.25, -0.2) is 0 Å². The molecule has 0 spiro atoms. The highest BCUT2D eigenvalue weighted by Gasteiger charge is 2.58. The Bertz CT molecular complexity index is 1020. The second kappa shape index (κ2) is 8.08. The van der Waals surface area contributed by atoms with Gasteiger partial charge in [-0.2, -0.15) is 0 Å². The van der Waals surface area contributed by atoms with E-state index in [1.165, 1.54) is 4.90 Å². The van der Waals surface area contributed by atoms with Gasteiger partial charge in [0.25, 0.3) is 0 Å². The van der Waals surface area contributed by atoms with Gasteiger partial charge in [-0.15, -0.1) is 0 Å². The van der Waals surface area contributed by atoms with Crippen molar-refractivity contribution in [2.75, 3.05) is 5.32 Å². The first kappa shape index (κ1) is 20.2. The monoisotopic (exact) mass is 478 g/mol. The van der Waals surface area contributed by atoms with Gasteiger partial charge in [0.2, 0.25) is 17.7 Å². The van der Waals surface area contributed by atoms with Gasteiger partial charge in [0.1, 0.15) is 6.04 Å². The van der Waals surface area contributed by atoms with E-state index < -0.39 is 6.04 Å². The number of hydrogen-bond donors (Lipinski definition) is 1. The molecule has 0 radical (unpaired) electrons. The molecule has 0 unspecified atom stereocenters. The smallest absolute Gasteiger partial charge is 0.248 e. The Kier molecular flexibility index (Phi) is 5.26. The van der Waals surface area contributed by atoms with E-state index >= 15 is 0 Å². The number of benzene rings is 2. The maximum atomic E-state index is 13.5. The maximum absolute atomic E-state index is 13.5. The molecule has 31 heavy (non-hydrogen) atoms. The molecule has 1 aliphatic heterocycles. The van der Waals surface area contributed by atoms with Gasteiger partial charge in [-0.05, 0) is 54.5 Å². The predicted octanol–water partition coefficient (Wildman–Crippen LogP) is 4.20. The minimum Gasteiger partial charge on any atom is -0.324 e. The van der Waals surface area contributed by atoms with Crippen LogP contribution >= 0.6 is 15.9 Å². The molecule has 6 heteroatoms. The maximum Gasteiger partial charge on any atom is 0.248 e. The summed E-state index contributed by atoms with van der Waals surface area (Å²) in [6.07, 6.45) is 6.35. The molecule has 4 aliphatic rings. The fourth-order valence-electron chi connectivity index (χ4n) is 5.30. The van der Waals surface area contributed by atoms with Crippen molar-refractivity contribution in [2.24, 2.45) is 23.7 Å². The van der Waals surface area contributed by atoms with Crippen molar-refractivity contribution in [3.63, 3.8) is 0 Å². The summed E-state index contributed by atoms with van der Waals surface area (Å²) in [5, 5.41) is 2.91. The zero-order valence-electron chi connectivity index (χ0n) is 16.9. The number of rotatable bonds is 5. The molecule has 5 atom stereocenters. The number of amides is 3. The van der Waals surface area contributed by atoms with Crippen LogP contribution in [0.5, 0.6) is 0 Å². The third kappa shape index (κ3) is 3.63. The van der Waals surface area contributed by atoms with Crippen LogP contribution in [0.2, 0.25) is 0 Å². The molecule has 158 valence electrons. The van der Waals surface area contributed by atoms with Crippen molar-refractivity contribution in [3.05, 3.63) is 76.8 Å². The van der Waals surface area contributed by atoms with E-state index in [0.29, 0.717) is 12.1 Å². The molecule has 2 aromatic carbocycles. The van der Waals surface area contributed by atoms with Crippen LogP contribution in [0.4, 0.5) is 5.69 Å². The predicted molar refractivity (Wildman–Crippen MR) is 121 cm³/mol. The van der Waals surface area contributed by atoms with Gasteiger partial charge in [-0.3, -0.25) is 19.3 Å². The Balaban J connectivity index is 1.46. The van der Waals surface area contributed by atoms with E-state index in [4.69, 9.17) is 0 Å². The molecule has 1 saturated heterocycles. The highest BCUT2D eigenvalue weighted by Crippen LogP contribution is 2.50. The molecule has 2 bridgehead atoms. The lowest BCUT2D eigenvalue weighted by Gasteiger charge is -2.38. The Morgan fingerprint density at radius 1 is 0.935 bits per heavy atom. The zero-order valence-corrected chi connectivity index (χ0v) is 18.5. The average Bonchev–Trinajstić information content (AvgIpc) is 3.07. The molecule has 0 aromatic heterocycles. The Morgan fingerprint density at radius 3 is 2.06 bits per heavy atom. The number of nitrogens with zero attached hydrogens (tertiary/aromatic N) is 1. The number of allylic oxidation sites excluding steroid dienone is 2. The third-order valence-corrected chi connectivity index (χ3v) is 7.32. The highest BCUT2D eigenvalue weighted by molar-refractivity contribution is 9.10. The van der Waals surface area contributed by atoms with Crippen molar-refractivity contribution >= 4 is 39.3 Å². The van der Waals surface area contributed by atoms with Gasteiger partial charge in [-0.1, -0.05) is 58.4 Å². The molecule has 1 saturated carbocycles. The van der Waals surface area contributed by atoms with Gasteiger partial charge in [0, 0.05) is 16.6 Å². The first-order valence-electron chi connectivity index (χ1n) is 10.7. The SMILES string of the molecule is O=C(Nc1ccc(Br)cc1)[C@@H](Cc1ccccc1)N1C(=O)[C@@H]2[C@H](C1=O)[C@H]1C=C[C@H]2CC1. The lowest BCUT2D eigenvalue weighted by Crippen LogP contribution is -2.49. The van der Waals surface area contributed by atoms with Gasteiger partial charge in [0.15, 0.2) is 0 Å². The first-order valence-corrected chi connectivity index (χ1v) is 11.5. The van der Waals surface area contributed by atoms with Gasteiger partial charge < -0.3 is 5.32 Å². The van der Waals surface area contributed by atoms with E-state index in [9.17, 15) is 14.4 Å². The molecular weight excluding hydrogens is 456 g/mol. The minimum absolute atomic E-state index is 0.100. The molecule has 2 aromatic rings. The van der Waals surface area contributed by atoms with Gasteiger partial charge >= 0.3 is 0 Å². The summed E-state index contributed by atoms with van der Waals surface area (Å²) in [6.45, 7) is 0. The number of fused-ring (bicyclic) bond motifs is 1. The number of likely N-dealkylation sites (tertiary alicyclic amines) is 1. The van der Waals surface area contributed by atoms with Crippen molar-refractivity contribution in [3.8, 4) is 0 Å². The molecule has 1 N–H and O–H groups in total. The molecule has 3 aliphatic carbocycles. The standard InChI is InChI=1S/C25H23BrN2O3/c26-18-10-12-19(13-11-18)27-23(29)20(14-15-4-2-1-3-5-15)28-24(30)21-16-6-7-17(9-8-16)22(21)25(28)31/h1-7,10-13,16-17,20-22H,8-9,14H2,(H,27,29)/t16-,17-,20+,21-,22+/m0/s1. The topological polar surface area (TPSA) is 66.5 Å². The average molecular weight is 479 g/mol. The van der Waals surface area contributed by atoms with Crippen LogP contribution < -0.4 is 5.32 Å². The number of halogens is 1. The summed E-state index contributed by atoms with van der Waals surface area (Å²) in [6, 6.07) is 15.9. The van der Waals surface area contributed by atoms with E-state index in [1.807, 2.05) is 42.5 Å². The van der Waals surface area contributed by atoms with Crippen LogP contribution in [0.15, 0.2) is 71.2 Å². The Labute approximate surface area is 189 Å². The second-order valence-electron chi connectivity index (χ2n) is 8.59. The summed E-state index contributed by atoms with van der Waals surface area (Å²) in [5.74, 6) is -1.18. The zero-order chi connectivity index (χ0) is 21.5. The van der Waals surface area contributed by atoms with E-state index in [2.05, 4.69) is 33.4 Å². The lowest BCUT2D eigenvalue weighted by molar-refractivity contribution is -0.146. The van der Waals surface area contributed by atoms with E-state index in [0.717, 1.165) is 22.9 Å². The number of imide groups is 1. The molecular formula is C25H23BrN2O3. The van der Waals surface area contributed by atoms with Crippen LogP contribution in [0, 0.1) is 23.7 Å². The van der Waals surface area contributed by atoms with Crippen molar-refractivity contribution in [2.45, 2.75) is 25.3 Å². The number of carbonyl (C=O) groups excluding carboxylic acids is 3. The number of anilines is 1. The summed E-state index contributed by atoms with van der Waals surface area (Å²) in [4.78, 5) is 41.6. The van der Waals surface area contributed by atoms with Gasteiger partial charge in [0.05, 0.1) is 11.8 Å². The molecule has 1 heterocycles. The molecule has 5 nitrogen and oxygen atoms in total. The van der Waals surface area contributed by atoms with Crippen molar-refractivity contribution in [1.82, 2.24) is 4.90 Å². The highest BCUT2D eigenvalue weighted by atomic mass is 79.9. The van der Waals surface area contributed by atoms with Crippen LogP contribution in [-0.4, -0.2) is 28.7 Å². The minimum atomic E-state index is -0.879. The van der Waals surface area contributed by atoms with Crippen LogP contribution in [0.25, 0.3) is 0 Å². The summed E-state index contributed by atoms with van der Waals surface area (Å²) in [5.41, 5.74) is 1.54. The summed E-state index contributed by atoms with van der Waals surface area (Å²) < 4.78 is 0.906. The van der Waals surface area contributed by atoms with Crippen LogP contribution in [0.1, 0.15) is 18.4 Å². The molecule has 3 amide bonds. The lowest BCUT2D eigenvalue weighted by atomic mass is 9.63. The summed E-state index contributed by atoms with van der Waals surface area (Å²) in [7, 11) is 0. The number of carbonyl (C=O) groups is 3. The molecule has 2 fully saturated rings.